The summed E-state index contributed by atoms with van der Waals surface area (Å²) in [6.07, 6.45) is 4.31. The molecule has 2 aliphatic rings. The van der Waals surface area contributed by atoms with Crippen molar-refractivity contribution in [1.29, 1.82) is 0 Å². The van der Waals surface area contributed by atoms with Crippen molar-refractivity contribution in [3.8, 4) is 0 Å². The number of ether oxygens (including phenoxy) is 1. The normalized spacial score (nSPS) is 27.7. The zero-order chi connectivity index (χ0) is 21.8. The van der Waals surface area contributed by atoms with Crippen LogP contribution in [0.3, 0.4) is 0 Å². The zero-order valence-electron chi connectivity index (χ0n) is 18.1. The summed E-state index contributed by atoms with van der Waals surface area (Å²) in [5, 5.41) is 19.7. The highest BCUT2D eigenvalue weighted by Crippen LogP contribution is 2.40. The average molecular weight is 435 g/mol. The molecule has 9 heteroatoms. The van der Waals surface area contributed by atoms with Crippen LogP contribution in [0.5, 0.6) is 0 Å². The summed E-state index contributed by atoms with van der Waals surface area (Å²) < 4.78 is 33.8. The number of nitrogens with one attached hydrogen (secondary N) is 1. The fourth-order valence-electron chi connectivity index (χ4n) is 4.66. The molecule has 1 aliphatic carbocycles. The minimum atomic E-state index is -3.75. The minimum absolute atomic E-state index is 0.319. The van der Waals surface area contributed by atoms with E-state index in [0.29, 0.717) is 25.3 Å². The lowest BCUT2D eigenvalue weighted by atomic mass is 9.82. The quantitative estimate of drug-likeness (QED) is 0.481. The number of carbonyl (C=O) groups is 1. The Morgan fingerprint density at radius 3 is 2.45 bits per heavy atom. The number of unbranched alkanes of at least 4 members (excludes halogenated alkanes) is 1. The highest BCUT2D eigenvalue weighted by Gasteiger charge is 2.54. The maximum atomic E-state index is 12.6. The maximum absolute atomic E-state index is 12.6. The Bertz CT molecular complexity index is 647. The number of hydrogen-bond acceptors (Lipinski definition) is 5. The molecule has 3 N–H and O–H groups in total. The molecule has 1 saturated heterocycles. The van der Waals surface area contributed by atoms with Crippen LogP contribution in [0.15, 0.2) is 0 Å². The smallest absolute Gasteiger partial charge is 0.409 e. The highest BCUT2D eigenvalue weighted by atomic mass is 32.2. The summed E-state index contributed by atoms with van der Waals surface area (Å²) in [6, 6.07) is -0.575. The van der Waals surface area contributed by atoms with Gasteiger partial charge in [-0.25, -0.2) is 17.9 Å². The van der Waals surface area contributed by atoms with Gasteiger partial charge in [0.2, 0.25) is 10.0 Å². The lowest BCUT2D eigenvalue weighted by molar-refractivity contribution is -0.0972. The summed E-state index contributed by atoms with van der Waals surface area (Å²) in [6.45, 7) is 7.05. The van der Waals surface area contributed by atoms with E-state index in [1.807, 2.05) is 6.92 Å². The molecule has 29 heavy (non-hydrogen) atoms. The lowest BCUT2D eigenvalue weighted by Crippen LogP contribution is -2.52. The van der Waals surface area contributed by atoms with Gasteiger partial charge in [-0.05, 0) is 39.5 Å². The second-order valence-electron chi connectivity index (χ2n) is 8.98. The fraction of sp³-hybridized carbons (Fsp3) is 0.950. The van der Waals surface area contributed by atoms with Crippen molar-refractivity contribution in [3.05, 3.63) is 0 Å². The topological polar surface area (TPSA) is 116 Å². The monoisotopic (exact) mass is 434 g/mol. The number of hydrogen-bond donors (Lipinski definition) is 3. The van der Waals surface area contributed by atoms with Gasteiger partial charge in [-0.3, -0.25) is 4.90 Å². The van der Waals surface area contributed by atoms with Crippen LogP contribution in [-0.2, 0) is 14.8 Å². The number of aliphatic hydroxyl groups is 1. The molecule has 2 fully saturated rings. The molecule has 2 rings (SSSR count). The Balaban J connectivity index is 2.22. The summed E-state index contributed by atoms with van der Waals surface area (Å²) >= 11 is 0. The van der Waals surface area contributed by atoms with Crippen molar-refractivity contribution >= 4 is 16.1 Å². The van der Waals surface area contributed by atoms with E-state index in [2.05, 4.69) is 4.72 Å². The van der Waals surface area contributed by atoms with Crippen molar-refractivity contribution in [1.82, 2.24) is 9.62 Å². The fourth-order valence-corrected chi connectivity index (χ4v) is 5.88. The van der Waals surface area contributed by atoms with Gasteiger partial charge < -0.3 is 14.9 Å². The van der Waals surface area contributed by atoms with E-state index in [0.717, 1.165) is 32.1 Å². The number of nitrogens with zero attached hydrogens (tertiary/aromatic N) is 1. The Morgan fingerprint density at radius 2 is 1.90 bits per heavy atom. The first-order chi connectivity index (χ1) is 13.5. The summed E-state index contributed by atoms with van der Waals surface area (Å²) in [4.78, 5) is 13.3. The molecule has 4 atom stereocenters. The van der Waals surface area contributed by atoms with Crippen LogP contribution in [0.25, 0.3) is 0 Å². The third kappa shape index (κ3) is 5.83. The SMILES string of the molecule is CCCCNS(=O)(=O)C(C)C(O)C1OC(C)(C)N(C(=O)O)[C@H]1CC1CCCCC1. The first kappa shape index (κ1) is 24.4. The summed E-state index contributed by atoms with van der Waals surface area (Å²) in [5.41, 5.74) is -1.13. The molecule has 0 spiro atoms. The van der Waals surface area contributed by atoms with Crippen LogP contribution >= 0.6 is 0 Å². The van der Waals surface area contributed by atoms with E-state index < -0.39 is 45.3 Å². The van der Waals surface area contributed by atoms with Gasteiger partial charge in [-0.15, -0.1) is 0 Å². The number of rotatable bonds is 9. The minimum Gasteiger partial charge on any atom is -0.465 e. The maximum Gasteiger partial charge on any atom is 0.409 e. The van der Waals surface area contributed by atoms with Crippen LogP contribution in [-0.4, -0.2) is 65.4 Å². The number of carboxylic acid groups (broad SMARTS) is 1. The van der Waals surface area contributed by atoms with Gasteiger partial charge in [-0.2, -0.15) is 0 Å². The third-order valence-electron chi connectivity index (χ3n) is 6.36. The van der Waals surface area contributed by atoms with Gasteiger partial charge in [0.05, 0.1) is 6.04 Å². The molecule has 0 bridgehead atoms. The van der Waals surface area contributed by atoms with Gasteiger partial charge in [0.15, 0.2) is 0 Å². The second-order valence-corrected chi connectivity index (χ2v) is 11.1. The van der Waals surface area contributed by atoms with E-state index >= 15 is 0 Å². The predicted molar refractivity (Wildman–Crippen MR) is 111 cm³/mol. The van der Waals surface area contributed by atoms with Gasteiger partial charge in [0.25, 0.3) is 0 Å². The first-order valence-corrected chi connectivity index (χ1v) is 12.4. The molecule has 0 radical (unpaired) electrons. The Labute approximate surface area is 175 Å². The Kier molecular flexibility index (Phi) is 8.35. The molecule has 170 valence electrons. The largest absolute Gasteiger partial charge is 0.465 e. The van der Waals surface area contributed by atoms with Crippen molar-refractivity contribution in [2.75, 3.05) is 6.54 Å². The molecule has 3 unspecified atom stereocenters. The molecule has 0 aromatic heterocycles. The lowest BCUT2D eigenvalue weighted by Gasteiger charge is -2.34. The number of amides is 1. The molecular formula is C20H38N2O6S. The van der Waals surface area contributed by atoms with Gasteiger partial charge in [0, 0.05) is 6.54 Å². The van der Waals surface area contributed by atoms with Gasteiger partial charge >= 0.3 is 6.09 Å². The first-order valence-electron chi connectivity index (χ1n) is 10.9. The molecule has 1 heterocycles. The molecule has 1 saturated carbocycles. The standard InChI is InChI=1S/C20H38N2O6S/c1-5-6-12-21-29(26,27)14(2)17(23)18-16(13-15-10-8-7-9-11-15)22(19(24)25)20(3,4)28-18/h14-18,21,23H,5-13H2,1-4H3,(H,24,25)/t14?,16-,17?,18?/m0/s1. The average Bonchev–Trinajstić information content (AvgIpc) is 2.91. The van der Waals surface area contributed by atoms with Crippen LogP contribution < -0.4 is 4.72 Å². The van der Waals surface area contributed by atoms with E-state index in [9.17, 15) is 23.4 Å². The molecule has 0 aromatic rings. The third-order valence-corrected chi connectivity index (χ3v) is 8.23. The number of aliphatic hydroxyl groups excluding tert-OH is 1. The van der Waals surface area contributed by atoms with Gasteiger partial charge in [0.1, 0.15) is 23.2 Å². The van der Waals surface area contributed by atoms with E-state index in [-0.39, 0.29) is 0 Å². The molecule has 1 amide bonds. The predicted octanol–water partition coefficient (Wildman–Crippen LogP) is 2.91. The van der Waals surface area contributed by atoms with Crippen LogP contribution in [0, 0.1) is 5.92 Å². The van der Waals surface area contributed by atoms with Crippen LogP contribution in [0.4, 0.5) is 4.79 Å². The van der Waals surface area contributed by atoms with Crippen molar-refractivity contribution in [2.24, 2.45) is 5.92 Å². The van der Waals surface area contributed by atoms with Crippen molar-refractivity contribution in [2.45, 2.75) is 108 Å². The summed E-state index contributed by atoms with van der Waals surface area (Å²) in [5.74, 6) is 0.359. The molecule has 8 nitrogen and oxygen atoms in total. The molecular weight excluding hydrogens is 396 g/mol. The second kappa shape index (κ2) is 9.94. The molecule has 0 aromatic carbocycles. The summed E-state index contributed by atoms with van der Waals surface area (Å²) in [7, 11) is -3.75. The van der Waals surface area contributed by atoms with Crippen molar-refractivity contribution in [3.63, 3.8) is 0 Å². The van der Waals surface area contributed by atoms with E-state index in [4.69, 9.17) is 4.74 Å². The Hall–Kier alpha value is -0.900. The Morgan fingerprint density at radius 1 is 1.28 bits per heavy atom. The van der Waals surface area contributed by atoms with Crippen LogP contribution in [0.1, 0.15) is 79.1 Å². The van der Waals surface area contributed by atoms with Crippen molar-refractivity contribution < 1.29 is 28.2 Å². The highest BCUT2D eigenvalue weighted by molar-refractivity contribution is 7.90. The van der Waals surface area contributed by atoms with Crippen LogP contribution in [0.2, 0.25) is 0 Å². The zero-order valence-corrected chi connectivity index (χ0v) is 19.0. The molecule has 1 aliphatic heterocycles. The van der Waals surface area contributed by atoms with E-state index in [1.165, 1.54) is 18.2 Å². The van der Waals surface area contributed by atoms with E-state index in [1.54, 1.807) is 13.8 Å². The van der Waals surface area contributed by atoms with Gasteiger partial charge in [-0.1, -0.05) is 45.4 Å². The number of sulfonamides is 1.